The van der Waals surface area contributed by atoms with Gasteiger partial charge in [0, 0.05) is 51.6 Å². The van der Waals surface area contributed by atoms with Crippen LogP contribution in [0.3, 0.4) is 0 Å². The molecule has 4 aromatic rings. The zero-order valence-electron chi connectivity index (χ0n) is 34.0. The Kier molecular flexibility index (Phi) is 8.47. The van der Waals surface area contributed by atoms with Gasteiger partial charge in [-0.1, -0.05) is 155 Å². The van der Waals surface area contributed by atoms with E-state index in [0.717, 1.165) is 32.1 Å². The number of benzene rings is 4. The van der Waals surface area contributed by atoms with Crippen LogP contribution in [0.4, 0.5) is 17.1 Å². The first-order chi connectivity index (χ1) is 28.5. The Morgan fingerprint density at radius 2 is 1.47 bits per heavy atom. The van der Waals surface area contributed by atoms with E-state index in [1.807, 2.05) is 0 Å². The summed E-state index contributed by atoms with van der Waals surface area (Å²) in [6, 6.07) is 35.1. The van der Waals surface area contributed by atoms with Gasteiger partial charge in [0.15, 0.2) is 0 Å². The van der Waals surface area contributed by atoms with Crippen molar-refractivity contribution in [2.45, 2.75) is 76.7 Å². The number of fused-ring (bicyclic) bond motifs is 8. The molecule has 11 rings (SSSR count). The summed E-state index contributed by atoms with van der Waals surface area (Å²) in [5.74, 6) is 1.20. The lowest BCUT2D eigenvalue weighted by Crippen LogP contribution is -2.50. The van der Waals surface area contributed by atoms with Gasteiger partial charge in [-0.15, -0.1) is 0 Å². The molecule has 0 bridgehead atoms. The maximum Gasteiger partial charge on any atom is 0.0594 e. The number of anilines is 3. The van der Waals surface area contributed by atoms with Gasteiger partial charge in [-0.2, -0.15) is 0 Å². The zero-order valence-corrected chi connectivity index (χ0v) is 34.0. The molecule has 0 amide bonds. The van der Waals surface area contributed by atoms with Crippen LogP contribution in [0.25, 0.3) is 16.7 Å². The molecule has 2 heterocycles. The number of nitrogens with zero attached hydrogens (tertiary/aromatic N) is 2. The number of para-hydroxylation sites is 1. The lowest BCUT2D eigenvalue weighted by molar-refractivity contribution is 0.330. The predicted octanol–water partition coefficient (Wildman–Crippen LogP) is 14.2. The van der Waals surface area contributed by atoms with Gasteiger partial charge in [0.25, 0.3) is 0 Å². The minimum atomic E-state index is 0.00140. The smallest absolute Gasteiger partial charge is 0.0594 e. The molecule has 4 unspecified atom stereocenters. The molecule has 0 saturated carbocycles. The molecule has 0 saturated heterocycles. The molecule has 2 aliphatic heterocycles. The summed E-state index contributed by atoms with van der Waals surface area (Å²) < 4.78 is 0. The Morgan fingerprint density at radius 3 is 2.24 bits per heavy atom. The van der Waals surface area contributed by atoms with Gasteiger partial charge in [0.05, 0.1) is 6.04 Å². The van der Waals surface area contributed by atoms with Crippen LogP contribution in [0.2, 0.25) is 0 Å². The van der Waals surface area contributed by atoms with Gasteiger partial charge in [0.1, 0.15) is 0 Å². The van der Waals surface area contributed by atoms with Crippen molar-refractivity contribution in [3.8, 4) is 11.1 Å². The molecule has 2 heteroatoms. The van der Waals surface area contributed by atoms with Crippen LogP contribution in [0.15, 0.2) is 192 Å². The van der Waals surface area contributed by atoms with E-state index in [0.29, 0.717) is 23.8 Å². The van der Waals surface area contributed by atoms with E-state index >= 15 is 0 Å². The van der Waals surface area contributed by atoms with Crippen molar-refractivity contribution in [1.82, 2.24) is 0 Å². The number of hydrogen-bond donors (Lipinski definition) is 0. The van der Waals surface area contributed by atoms with E-state index < -0.39 is 0 Å². The highest BCUT2D eigenvalue weighted by Gasteiger charge is 2.51. The van der Waals surface area contributed by atoms with Crippen LogP contribution < -0.4 is 9.80 Å². The monoisotopic (exact) mass is 752 g/mol. The molecule has 2 nitrogen and oxygen atoms in total. The van der Waals surface area contributed by atoms with E-state index in [1.165, 1.54) is 90.6 Å². The van der Waals surface area contributed by atoms with Crippen molar-refractivity contribution >= 4 is 22.6 Å². The van der Waals surface area contributed by atoms with Crippen molar-refractivity contribution in [3.05, 3.63) is 214 Å². The third-order valence-electron chi connectivity index (χ3n) is 14.2. The Hall–Kier alpha value is -5.86. The van der Waals surface area contributed by atoms with Crippen LogP contribution in [-0.4, -0.2) is 6.04 Å². The number of rotatable bonds is 7. The topological polar surface area (TPSA) is 6.48 Å². The van der Waals surface area contributed by atoms with Crippen molar-refractivity contribution < 1.29 is 0 Å². The lowest BCUT2D eigenvalue weighted by Gasteiger charge is -2.50. The molecule has 58 heavy (non-hydrogen) atoms. The van der Waals surface area contributed by atoms with Gasteiger partial charge in [0.2, 0.25) is 0 Å². The molecule has 7 aliphatic rings. The minimum Gasteiger partial charge on any atom is -0.336 e. The minimum absolute atomic E-state index is 0.00140. The zero-order chi connectivity index (χ0) is 39.0. The Morgan fingerprint density at radius 1 is 0.724 bits per heavy atom. The second kappa shape index (κ2) is 13.9. The van der Waals surface area contributed by atoms with E-state index in [-0.39, 0.29) is 5.41 Å². The van der Waals surface area contributed by atoms with E-state index in [1.54, 1.807) is 0 Å². The highest BCUT2D eigenvalue weighted by molar-refractivity contribution is 5.83. The number of allylic oxidation sites excluding steroid dienone is 16. The first kappa shape index (κ1) is 35.3. The van der Waals surface area contributed by atoms with Crippen LogP contribution in [0.1, 0.15) is 81.0 Å². The molecule has 4 aromatic carbocycles. The van der Waals surface area contributed by atoms with Gasteiger partial charge in [-0.05, 0) is 124 Å². The third kappa shape index (κ3) is 5.67. The molecule has 5 aliphatic carbocycles. The Labute approximate surface area is 345 Å². The Bertz CT molecular complexity index is 2590. The summed E-state index contributed by atoms with van der Waals surface area (Å²) in [6.45, 7) is 7.18. The second-order valence-electron chi connectivity index (χ2n) is 17.8. The first-order valence-corrected chi connectivity index (χ1v) is 21.7. The molecule has 0 fully saturated rings. The lowest BCUT2D eigenvalue weighted by atomic mass is 9.64. The van der Waals surface area contributed by atoms with E-state index in [9.17, 15) is 0 Å². The van der Waals surface area contributed by atoms with Crippen LogP contribution in [0.5, 0.6) is 0 Å². The average molecular weight is 753 g/mol. The van der Waals surface area contributed by atoms with Crippen LogP contribution >= 0.6 is 0 Å². The number of aryl methyl sites for hydroxylation is 1. The molecule has 0 spiro atoms. The van der Waals surface area contributed by atoms with Gasteiger partial charge in [-0.3, -0.25) is 0 Å². The fourth-order valence-corrected chi connectivity index (χ4v) is 11.1. The summed E-state index contributed by atoms with van der Waals surface area (Å²) >= 11 is 0. The summed E-state index contributed by atoms with van der Waals surface area (Å²) in [5, 5.41) is 0. The molecular formula is C56H52N2. The highest BCUT2D eigenvalue weighted by Crippen LogP contribution is 2.59. The molecule has 0 aromatic heterocycles. The van der Waals surface area contributed by atoms with Crippen molar-refractivity contribution in [2.75, 3.05) is 9.80 Å². The van der Waals surface area contributed by atoms with Gasteiger partial charge < -0.3 is 9.80 Å². The largest absolute Gasteiger partial charge is 0.336 e. The van der Waals surface area contributed by atoms with Crippen LogP contribution in [-0.2, 0) is 11.8 Å². The summed E-state index contributed by atoms with van der Waals surface area (Å²) in [5.41, 5.74) is 20.5. The normalized spacial score (nSPS) is 24.2. The summed E-state index contributed by atoms with van der Waals surface area (Å²) in [7, 11) is 0. The third-order valence-corrected chi connectivity index (χ3v) is 14.2. The molecule has 286 valence electrons. The highest BCUT2D eigenvalue weighted by atomic mass is 15.2. The summed E-state index contributed by atoms with van der Waals surface area (Å²) in [6.07, 6.45) is 35.4. The SMILES string of the molecule is CCCc1ccc(-c2ccc(N(C3=CC=C4C=CC5=CCCC=C5C4C3)c3ccc(C4=CC5C(C=C4)N4C6=CC=CCC6c6cccc(c64)C5(C)C)cc3)cc2)cc1. The van der Waals surface area contributed by atoms with Crippen molar-refractivity contribution in [2.24, 2.45) is 11.8 Å². The maximum atomic E-state index is 2.69. The van der Waals surface area contributed by atoms with Crippen LogP contribution in [0, 0.1) is 11.8 Å². The maximum absolute atomic E-state index is 2.69. The van der Waals surface area contributed by atoms with Crippen molar-refractivity contribution in [1.29, 1.82) is 0 Å². The molecule has 4 atom stereocenters. The molecular weight excluding hydrogens is 701 g/mol. The quantitative estimate of drug-likeness (QED) is 0.185. The van der Waals surface area contributed by atoms with E-state index in [4.69, 9.17) is 0 Å². The first-order valence-electron chi connectivity index (χ1n) is 21.7. The van der Waals surface area contributed by atoms with Gasteiger partial charge in [-0.25, -0.2) is 0 Å². The second-order valence-corrected chi connectivity index (χ2v) is 17.8. The molecule has 0 radical (unpaired) electrons. The summed E-state index contributed by atoms with van der Waals surface area (Å²) in [4.78, 5) is 5.19. The van der Waals surface area contributed by atoms with E-state index in [2.05, 4.69) is 194 Å². The molecule has 0 N–H and O–H groups in total. The van der Waals surface area contributed by atoms with Crippen molar-refractivity contribution in [3.63, 3.8) is 0 Å². The average Bonchev–Trinajstić information content (AvgIpc) is 3.61. The predicted molar refractivity (Wildman–Crippen MR) is 244 cm³/mol. The number of hydrogen-bond acceptors (Lipinski definition) is 2. The fraction of sp³-hybridized carbons (Fsp3) is 0.250. The standard InChI is InChI=1S/C56H52N2/c1-4-10-37-17-19-38(20-18-37)39-23-29-44(30-24-39)57(46-33-27-42-22-21-41-11-5-6-12-47(41)50(42)36-46)45-31-25-40(26-32-45)43-28-34-54-52(35-43)56(2,3)51-15-9-14-49-48-13-7-8-16-53(48)58(54)55(49)51/h7-9,11-12,14-35,48,50,52,54H,4-6,10,13,36H2,1-3H3. The fourth-order valence-electron chi connectivity index (χ4n) is 11.1. The Balaban J connectivity index is 0.937. The van der Waals surface area contributed by atoms with Gasteiger partial charge >= 0.3 is 0 Å².